The van der Waals surface area contributed by atoms with Gasteiger partial charge in [-0.1, -0.05) is 6.07 Å². The fourth-order valence-corrected chi connectivity index (χ4v) is 1.65. The van der Waals surface area contributed by atoms with E-state index in [0.29, 0.717) is 6.42 Å². The molecule has 0 saturated heterocycles. The zero-order chi connectivity index (χ0) is 12.7. The first-order chi connectivity index (χ1) is 8.22. The van der Waals surface area contributed by atoms with E-state index in [9.17, 15) is 4.39 Å². The lowest BCUT2D eigenvalue weighted by Gasteiger charge is -2.16. The standard InChI is InChI=1S/C13H17FN2O/c1-3-4-5-6-12(16-15)10-7-8-11(14)13(9-10)17-2/h1,7-9,12,16H,4-6,15H2,2H3. The highest BCUT2D eigenvalue weighted by molar-refractivity contribution is 5.32. The van der Waals surface area contributed by atoms with Crippen LogP contribution in [-0.2, 0) is 0 Å². The van der Waals surface area contributed by atoms with Gasteiger partial charge in [-0.15, -0.1) is 12.3 Å². The average Bonchev–Trinajstić information content (AvgIpc) is 2.36. The number of rotatable bonds is 6. The van der Waals surface area contributed by atoms with Crippen molar-refractivity contribution in [2.45, 2.75) is 25.3 Å². The van der Waals surface area contributed by atoms with Crippen molar-refractivity contribution in [3.8, 4) is 18.1 Å². The molecule has 3 nitrogen and oxygen atoms in total. The predicted molar refractivity (Wildman–Crippen MR) is 65.7 cm³/mol. The highest BCUT2D eigenvalue weighted by Gasteiger charge is 2.12. The Kier molecular flexibility index (Phi) is 5.47. The summed E-state index contributed by atoms with van der Waals surface area (Å²) in [5.74, 6) is 7.90. The normalized spacial score (nSPS) is 11.9. The molecule has 1 atom stereocenters. The molecule has 0 aromatic heterocycles. The van der Waals surface area contributed by atoms with Crippen LogP contribution in [0.25, 0.3) is 0 Å². The van der Waals surface area contributed by atoms with Gasteiger partial charge in [0.2, 0.25) is 0 Å². The largest absolute Gasteiger partial charge is 0.494 e. The summed E-state index contributed by atoms with van der Waals surface area (Å²) in [6.07, 6.45) is 7.56. The Bertz CT molecular complexity index is 401. The monoisotopic (exact) mass is 236 g/mol. The number of nitrogens with one attached hydrogen (secondary N) is 1. The summed E-state index contributed by atoms with van der Waals surface area (Å²) in [6, 6.07) is 4.67. The van der Waals surface area contributed by atoms with Crippen LogP contribution in [0.4, 0.5) is 4.39 Å². The first kappa shape index (κ1) is 13.5. The highest BCUT2D eigenvalue weighted by Crippen LogP contribution is 2.25. The van der Waals surface area contributed by atoms with Crippen LogP contribution in [0.1, 0.15) is 30.9 Å². The summed E-state index contributed by atoms with van der Waals surface area (Å²) in [5.41, 5.74) is 3.59. The summed E-state index contributed by atoms with van der Waals surface area (Å²) in [7, 11) is 1.44. The predicted octanol–water partition coefficient (Wildman–Crippen LogP) is 2.14. The van der Waals surface area contributed by atoms with E-state index in [1.165, 1.54) is 13.2 Å². The van der Waals surface area contributed by atoms with Gasteiger partial charge in [-0.05, 0) is 30.5 Å². The third-order valence-corrected chi connectivity index (χ3v) is 2.59. The molecule has 0 bridgehead atoms. The second kappa shape index (κ2) is 6.89. The van der Waals surface area contributed by atoms with Gasteiger partial charge < -0.3 is 4.74 Å². The Labute approximate surface area is 101 Å². The van der Waals surface area contributed by atoms with Crippen LogP contribution in [-0.4, -0.2) is 7.11 Å². The summed E-state index contributed by atoms with van der Waals surface area (Å²) in [4.78, 5) is 0. The number of hydrogen-bond donors (Lipinski definition) is 2. The molecule has 0 aliphatic carbocycles. The van der Waals surface area contributed by atoms with E-state index >= 15 is 0 Å². The van der Waals surface area contributed by atoms with Crippen molar-refractivity contribution in [3.63, 3.8) is 0 Å². The highest BCUT2D eigenvalue weighted by atomic mass is 19.1. The lowest BCUT2D eigenvalue weighted by Crippen LogP contribution is -2.28. The summed E-state index contributed by atoms with van der Waals surface area (Å²) in [6.45, 7) is 0. The third kappa shape index (κ3) is 3.74. The molecule has 1 rings (SSSR count). The van der Waals surface area contributed by atoms with Crippen LogP contribution in [0.15, 0.2) is 18.2 Å². The Morgan fingerprint density at radius 2 is 2.35 bits per heavy atom. The maximum absolute atomic E-state index is 13.2. The molecular formula is C13H17FN2O. The molecule has 0 radical (unpaired) electrons. The molecule has 17 heavy (non-hydrogen) atoms. The van der Waals surface area contributed by atoms with Crippen LogP contribution in [0, 0.1) is 18.2 Å². The summed E-state index contributed by atoms with van der Waals surface area (Å²) in [5, 5.41) is 0. The van der Waals surface area contributed by atoms with Crippen LogP contribution >= 0.6 is 0 Å². The van der Waals surface area contributed by atoms with Gasteiger partial charge in [-0.3, -0.25) is 11.3 Å². The average molecular weight is 236 g/mol. The van der Waals surface area contributed by atoms with E-state index in [2.05, 4.69) is 11.3 Å². The van der Waals surface area contributed by atoms with Crippen LogP contribution in [0.5, 0.6) is 5.75 Å². The van der Waals surface area contributed by atoms with E-state index in [1.54, 1.807) is 12.1 Å². The minimum atomic E-state index is -0.379. The molecule has 0 fully saturated rings. The van der Waals surface area contributed by atoms with Crippen molar-refractivity contribution < 1.29 is 9.13 Å². The number of hydrazine groups is 1. The quantitative estimate of drug-likeness (QED) is 0.344. The number of hydrogen-bond acceptors (Lipinski definition) is 3. The van der Waals surface area contributed by atoms with Gasteiger partial charge in [0.15, 0.2) is 11.6 Å². The maximum atomic E-state index is 13.2. The number of unbranched alkanes of at least 4 members (excludes halogenated alkanes) is 1. The molecule has 4 heteroatoms. The molecule has 1 unspecified atom stereocenters. The van der Waals surface area contributed by atoms with Crippen molar-refractivity contribution >= 4 is 0 Å². The zero-order valence-electron chi connectivity index (χ0n) is 9.87. The minimum absolute atomic E-state index is 0.0437. The number of nitrogens with two attached hydrogens (primary N) is 1. The SMILES string of the molecule is C#CCCCC(NN)c1ccc(F)c(OC)c1. The van der Waals surface area contributed by atoms with Gasteiger partial charge in [0.05, 0.1) is 7.11 Å². The number of ether oxygens (including phenoxy) is 1. The third-order valence-electron chi connectivity index (χ3n) is 2.59. The van der Waals surface area contributed by atoms with E-state index in [1.807, 2.05) is 0 Å². The minimum Gasteiger partial charge on any atom is -0.494 e. The van der Waals surface area contributed by atoms with Crippen molar-refractivity contribution in [1.29, 1.82) is 0 Å². The molecule has 0 amide bonds. The van der Waals surface area contributed by atoms with Crippen LogP contribution in [0.2, 0.25) is 0 Å². The molecule has 0 spiro atoms. The van der Waals surface area contributed by atoms with E-state index < -0.39 is 0 Å². The molecule has 0 saturated carbocycles. The fraction of sp³-hybridized carbons (Fsp3) is 0.385. The molecule has 92 valence electrons. The van der Waals surface area contributed by atoms with Crippen molar-refractivity contribution in [2.75, 3.05) is 7.11 Å². The van der Waals surface area contributed by atoms with E-state index in [4.69, 9.17) is 17.0 Å². The van der Waals surface area contributed by atoms with Gasteiger partial charge in [0.1, 0.15) is 0 Å². The second-order valence-electron chi connectivity index (χ2n) is 3.71. The van der Waals surface area contributed by atoms with Crippen LogP contribution in [0.3, 0.4) is 0 Å². The van der Waals surface area contributed by atoms with Gasteiger partial charge in [-0.25, -0.2) is 4.39 Å². The number of halogens is 1. The topological polar surface area (TPSA) is 47.3 Å². The lowest BCUT2D eigenvalue weighted by atomic mass is 10.0. The van der Waals surface area contributed by atoms with Crippen molar-refractivity contribution in [1.82, 2.24) is 5.43 Å². The first-order valence-electron chi connectivity index (χ1n) is 5.46. The van der Waals surface area contributed by atoms with Gasteiger partial charge in [0.25, 0.3) is 0 Å². The van der Waals surface area contributed by atoms with Gasteiger partial charge in [0, 0.05) is 12.5 Å². The molecule has 3 N–H and O–H groups in total. The Hall–Kier alpha value is -1.57. The number of benzene rings is 1. The van der Waals surface area contributed by atoms with Gasteiger partial charge >= 0.3 is 0 Å². The molecule has 1 aromatic rings. The van der Waals surface area contributed by atoms with Crippen molar-refractivity contribution in [2.24, 2.45) is 5.84 Å². The van der Waals surface area contributed by atoms with E-state index in [0.717, 1.165) is 18.4 Å². The lowest BCUT2D eigenvalue weighted by molar-refractivity contribution is 0.384. The first-order valence-corrected chi connectivity index (χ1v) is 5.46. The smallest absolute Gasteiger partial charge is 0.165 e. The maximum Gasteiger partial charge on any atom is 0.165 e. The Morgan fingerprint density at radius 1 is 1.59 bits per heavy atom. The molecule has 0 aliphatic heterocycles. The molecule has 0 heterocycles. The van der Waals surface area contributed by atoms with Gasteiger partial charge in [-0.2, -0.15) is 0 Å². The van der Waals surface area contributed by atoms with Crippen molar-refractivity contribution in [3.05, 3.63) is 29.6 Å². The summed E-state index contributed by atoms with van der Waals surface area (Å²) >= 11 is 0. The second-order valence-corrected chi connectivity index (χ2v) is 3.71. The molecule has 0 aliphatic rings. The van der Waals surface area contributed by atoms with Crippen LogP contribution < -0.4 is 16.0 Å². The molecule has 1 aromatic carbocycles. The molecular weight excluding hydrogens is 219 g/mol. The fourth-order valence-electron chi connectivity index (χ4n) is 1.65. The Balaban J connectivity index is 2.78. The summed E-state index contributed by atoms with van der Waals surface area (Å²) < 4.78 is 18.2. The zero-order valence-corrected chi connectivity index (χ0v) is 9.87. The van der Waals surface area contributed by atoms with E-state index in [-0.39, 0.29) is 17.6 Å². The number of terminal acetylenes is 1. The Morgan fingerprint density at radius 3 is 2.94 bits per heavy atom. The number of methoxy groups -OCH3 is 1.